The Hall–Kier alpha value is -2.65. The van der Waals surface area contributed by atoms with Crippen molar-refractivity contribution in [2.24, 2.45) is 0 Å². The summed E-state index contributed by atoms with van der Waals surface area (Å²) in [4.78, 5) is 16.1. The maximum atomic E-state index is 12.5. The van der Waals surface area contributed by atoms with Crippen LogP contribution in [0.5, 0.6) is 11.5 Å². The van der Waals surface area contributed by atoms with Crippen LogP contribution >= 0.6 is 0 Å². The van der Waals surface area contributed by atoms with Crippen LogP contribution < -0.4 is 19.5 Å². The lowest BCUT2D eigenvalue weighted by Gasteiger charge is -2.19. The molecule has 2 N–H and O–H groups in total. The highest BCUT2D eigenvalue weighted by molar-refractivity contribution is 7.89. The molecular weight excluding hydrogens is 358 g/mol. The first-order chi connectivity index (χ1) is 12.5. The molecule has 2 heterocycles. The monoisotopic (exact) mass is 377 g/mol. The van der Waals surface area contributed by atoms with Crippen LogP contribution in [0.15, 0.2) is 47.6 Å². The summed E-state index contributed by atoms with van der Waals surface area (Å²) < 4.78 is 38.2. The number of fused-ring (bicyclic) bond motifs is 1. The van der Waals surface area contributed by atoms with E-state index >= 15 is 0 Å². The smallest absolute Gasteiger partial charge is 0.241 e. The number of hydrogen-bond acceptors (Lipinski definition) is 6. The van der Waals surface area contributed by atoms with E-state index in [-0.39, 0.29) is 11.4 Å². The van der Waals surface area contributed by atoms with Gasteiger partial charge in [0.15, 0.2) is 11.5 Å². The summed E-state index contributed by atoms with van der Waals surface area (Å²) in [5, 5.41) is 2.67. The van der Waals surface area contributed by atoms with Gasteiger partial charge in [-0.1, -0.05) is 6.07 Å². The molecule has 9 heteroatoms. The molecule has 2 aromatic rings. The van der Waals surface area contributed by atoms with Crippen molar-refractivity contribution in [3.8, 4) is 11.5 Å². The Labute approximate surface area is 151 Å². The fourth-order valence-electron chi connectivity index (χ4n) is 2.39. The molecule has 1 aromatic carbocycles. The second kappa shape index (κ2) is 7.71. The van der Waals surface area contributed by atoms with E-state index in [1.807, 2.05) is 6.07 Å². The first kappa shape index (κ1) is 18.2. The number of nitrogens with one attached hydrogen (secondary N) is 2. The van der Waals surface area contributed by atoms with Gasteiger partial charge in [0.05, 0.1) is 10.9 Å². The number of nitrogens with zero attached hydrogens (tertiary/aromatic N) is 1. The summed E-state index contributed by atoms with van der Waals surface area (Å²) in [6.07, 6.45) is 3.26. The van der Waals surface area contributed by atoms with Gasteiger partial charge < -0.3 is 14.8 Å². The number of amides is 1. The van der Waals surface area contributed by atoms with E-state index in [4.69, 9.17) is 9.47 Å². The molecule has 1 aliphatic rings. The second-order valence-electron chi connectivity index (χ2n) is 5.73. The Morgan fingerprint density at radius 2 is 2.00 bits per heavy atom. The average molecular weight is 377 g/mol. The van der Waals surface area contributed by atoms with Crippen molar-refractivity contribution in [1.29, 1.82) is 0 Å². The van der Waals surface area contributed by atoms with Gasteiger partial charge in [0.2, 0.25) is 15.9 Å². The Kier molecular flexibility index (Phi) is 5.38. The van der Waals surface area contributed by atoms with Crippen molar-refractivity contribution in [3.63, 3.8) is 0 Å². The normalized spacial score (nSPS) is 14.5. The molecule has 1 atom stereocenters. The van der Waals surface area contributed by atoms with Crippen LogP contribution in [0.1, 0.15) is 12.5 Å². The maximum absolute atomic E-state index is 12.5. The molecule has 0 unspecified atom stereocenters. The van der Waals surface area contributed by atoms with Crippen LogP contribution in [-0.2, 0) is 21.4 Å². The van der Waals surface area contributed by atoms with Gasteiger partial charge in [-0.05, 0) is 30.7 Å². The van der Waals surface area contributed by atoms with Crippen molar-refractivity contribution in [1.82, 2.24) is 15.0 Å². The van der Waals surface area contributed by atoms with Gasteiger partial charge in [-0.3, -0.25) is 9.78 Å². The lowest BCUT2D eigenvalue weighted by Crippen LogP contribution is -2.44. The Bertz CT molecular complexity index is 887. The number of carbonyl (C=O) groups is 1. The molecule has 0 bridgehead atoms. The van der Waals surface area contributed by atoms with E-state index in [0.717, 1.165) is 5.56 Å². The minimum atomic E-state index is -3.88. The zero-order valence-corrected chi connectivity index (χ0v) is 15.0. The van der Waals surface area contributed by atoms with Crippen LogP contribution in [0.2, 0.25) is 0 Å². The van der Waals surface area contributed by atoms with Crippen LogP contribution in [0.3, 0.4) is 0 Å². The molecule has 1 aromatic heterocycles. The summed E-state index contributed by atoms with van der Waals surface area (Å²) in [5.74, 6) is 0.431. The number of pyridine rings is 1. The highest BCUT2D eigenvalue weighted by Gasteiger charge is 2.24. The predicted molar refractivity (Wildman–Crippen MR) is 93.3 cm³/mol. The summed E-state index contributed by atoms with van der Waals surface area (Å²) >= 11 is 0. The minimum Gasteiger partial charge on any atom is -0.486 e. The Balaban J connectivity index is 1.63. The molecule has 0 radical (unpaired) electrons. The van der Waals surface area contributed by atoms with Crippen LogP contribution in [0.25, 0.3) is 0 Å². The van der Waals surface area contributed by atoms with Crippen molar-refractivity contribution < 1.29 is 22.7 Å². The number of rotatable bonds is 6. The van der Waals surface area contributed by atoms with E-state index in [0.29, 0.717) is 24.7 Å². The van der Waals surface area contributed by atoms with E-state index in [2.05, 4.69) is 15.0 Å². The standard InChI is InChI=1S/C17H19N3O5S/c1-12(17(21)19-11-13-3-2-6-18-10-13)20-26(22,23)14-4-5-15-16(9-14)25-8-7-24-15/h2-6,9-10,12,20H,7-8,11H2,1H3,(H,19,21)/t12-/m0/s1. The third-order valence-corrected chi connectivity index (χ3v) is 5.28. The summed E-state index contributed by atoms with van der Waals surface area (Å²) in [6.45, 7) is 2.53. The van der Waals surface area contributed by atoms with Crippen molar-refractivity contribution >= 4 is 15.9 Å². The maximum Gasteiger partial charge on any atom is 0.241 e. The van der Waals surface area contributed by atoms with Gasteiger partial charge in [-0.15, -0.1) is 0 Å². The number of carbonyl (C=O) groups excluding carboxylic acids is 1. The summed E-state index contributed by atoms with van der Waals surface area (Å²) in [7, 11) is -3.88. The molecule has 138 valence electrons. The molecule has 0 fully saturated rings. The van der Waals surface area contributed by atoms with Crippen molar-refractivity contribution in [2.45, 2.75) is 24.4 Å². The second-order valence-corrected chi connectivity index (χ2v) is 7.44. The number of ether oxygens (including phenoxy) is 2. The average Bonchev–Trinajstić information content (AvgIpc) is 2.66. The zero-order chi connectivity index (χ0) is 18.6. The molecule has 3 rings (SSSR count). The highest BCUT2D eigenvalue weighted by atomic mass is 32.2. The Morgan fingerprint density at radius 3 is 2.73 bits per heavy atom. The Morgan fingerprint density at radius 1 is 1.23 bits per heavy atom. The van der Waals surface area contributed by atoms with Crippen molar-refractivity contribution in [2.75, 3.05) is 13.2 Å². The van der Waals surface area contributed by atoms with Crippen LogP contribution in [-0.4, -0.2) is 38.6 Å². The third-order valence-electron chi connectivity index (χ3n) is 3.74. The van der Waals surface area contributed by atoms with Gasteiger partial charge in [0.25, 0.3) is 0 Å². The number of hydrogen-bond donors (Lipinski definition) is 2. The van der Waals surface area contributed by atoms with Gasteiger partial charge in [0, 0.05) is 25.0 Å². The van der Waals surface area contributed by atoms with Gasteiger partial charge in [0.1, 0.15) is 13.2 Å². The summed E-state index contributed by atoms with van der Waals surface area (Å²) in [6, 6.07) is 6.97. The molecule has 0 saturated carbocycles. The van der Waals surface area contributed by atoms with E-state index < -0.39 is 22.0 Å². The zero-order valence-electron chi connectivity index (χ0n) is 14.1. The molecule has 8 nitrogen and oxygen atoms in total. The molecule has 1 aliphatic heterocycles. The number of benzene rings is 1. The minimum absolute atomic E-state index is 0.00802. The lowest BCUT2D eigenvalue weighted by atomic mass is 10.2. The molecular formula is C17H19N3O5S. The van der Waals surface area contributed by atoms with Crippen LogP contribution in [0, 0.1) is 0 Å². The van der Waals surface area contributed by atoms with Crippen LogP contribution in [0.4, 0.5) is 0 Å². The van der Waals surface area contributed by atoms with Gasteiger partial charge in [-0.2, -0.15) is 4.72 Å². The lowest BCUT2D eigenvalue weighted by molar-refractivity contribution is -0.122. The largest absolute Gasteiger partial charge is 0.486 e. The van der Waals surface area contributed by atoms with Crippen molar-refractivity contribution in [3.05, 3.63) is 48.3 Å². The number of aromatic nitrogens is 1. The molecule has 0 spiro atoms. The molecule has 0 aliphatic carbocycles. The fourth-order valence-corrected chi connectivity index (χ4v) is 3.61. The quantitative estimate of drug-likeness (QED) is 0.772. The number of sulfonamides is 1. The van der Waals surface area contributed by atoms with Gasteiger partial charge in [-0.25, -0.2) is 8.42 Å². The topological polar surface area (TPSA) is 107 Å². The SMILES string of the molecule is C[C@H](NS(=O)(=O)c1ccc2c(c1)OCCO2)C(=O)NCc1cccnc1. The van der Waals surface area contributed by atoms with E-state index in [1.165, 1.54) is 25.1 Å². The molecule has 1 amide bonds. The van der Waals surface area contributed by atoms with Gasteiger partial charge >= 0.3 is 0 Å². The fraction of sp³-hybridized carbons (Fsp3) is 0.294. The first-order valence-electron chi connectivity index (χ1n) is 8.04. The van der Waals surface area contributed by atoms with E-state index in [1.54, 1.807) is 18.5 Å². The first-order valence-corrected chi connectivity index (χ1v) is 9.52. The summed E-state index contributed by atoms with van der Waals surface area (Å²) in [5.41, 5.74) is 0.822. The predicted octanol–water partition coefficient (Wildman–Crippen LogP) is 0.836. The third kappa shape index (κ3) is 4.30. The highest BCUT2D eigenvalue weighted by Crippen LogP contribution is 2.32. The van der Waals surface area contributed by atoms with E-state index in [9.17, 15) is 13.2 Å². The molecule has 26 heavy (non-hydrogen) atoms. The molecule has 0 saturated heterocycles.